The molecule has 0 aliphatic carbocycles. The van der Waals surface area contributed by atoms with Crippen molar-refractivity contribution < 1.29 is 9.18 Å². The van der Waals surface area contributed by atoms with Crippen LogP contribution in [0.3, 0.4) is 0 Å². The van der Waals surface area contributed by atoms with Gasteiger partial charge in [0, 0.05) is 8.04 Å². The number of carbonyl (C=O) groups excluding carboxylic acids is 1. The predicted molar refractivity (Wildman–Crippen MR) is 85.9 cm³/mol. The number of hydrogen-bond donors (Lipinski definition) is 1. The SMILES string of the molecule is N#Cc1cc(F)ccc1NC(=O)c1cc(I)ccc1Br. The highest BCUT2D eigenvalue weighted by Gasteiger charge is 2.13. The summed E-state index contributed by atoms with van der Waals surface area (Å²) in [5.74, 6) is -0.881. The molecule has 0 aliphatic heterocycles. The summed E-state index contributed by atoms with van der Waals surface area (Å²) in [5, 5.41) is 11.6. The fourth-order valence-electron chi connectivity index (χ4n) is 1.58. The van der Waals surface area contributed by atoms with Gasteiger partial charge in [-0.3, -0.25) is 4.79 Å². The van der Waals surface area contributed by atoms with E-state index in [0.717, 1.165) is 9.64 Å². The monoisotopic (exact) mass is 444 g/mol. The van der Waals surface area contributed by atoms with Gasteiger partial charge in [-0.25, -0.2) is 4.39 Å². The first-order chi connectivity index (χ1) is 9.51. The van der Waals surface area contributed by atoms with Crippen LogP contribution in [0, 0.1) is 20.7 Å². The molecule has 1 N–H and O–H groups in total. The maximum Gasteiger partial charge on any atom is 0.256 e. The zero-order chi connectivity index (χ0) is 14.7. The molecule has 0 aliphatic rings. The summed E-state index contributed by atoms with van der Waals surface area (Å²) in [6, 6.07) is 10.8. The zero-order valence-electron chi connectivity index (χ0n) is 9.95. The van der Waals surface area contributed by atoms with Crippen LogP contribution in [0.4, 0.5) is 10.1 Å². The molecule has 0 unspecified atom stereocenters. The first-order valence-electron chi connectivity index (χ1n) is 5.47. The van der Waals surface area contributed by atoms with Gasteiger partial charge in [-0.05, 0) is 74.9 Å². The van der Waals surface area contributed by atoms with E-state index in [-0.39, 0.29) is 17.2 Å². The summed E-state index contributed by atoms with van der Waals surface area (Å²) in [4.78, 5) is 12.2. The third-order valence-corrected chi connectivity index (χ3v) is 3.89. The Bertz CT molecular complexity index is 728. The van der Waals surface area contributed by atoms with Gasteiger partial charge in [0.15, 0.2) is 0 Å². The minimum atomic E-state index is -0.519. The molecule has 0 atom stereocenters. The number of amides is 1. The molecule has 0 aromatic heterocycles. The molecule has 3 nitrogen and oxygen atoms in total. The van der Waals surface area contributed by atoms with Crippen LogP contribution in [-0.4, -0.2) is 5.91 Å². The Labute approximate surface area is 137 Å². The molecule has 2 aromatic carbocycles. The van der Waals surface area contributed by atoms with Gasteiger partial charge in [0.2, 0.25) is 0 Å². The standard InChI is InChI=1S/C14H7BrFIN2O/c15-12-3-2-10(17)6-11(12)14(20)19-13-4-1-9(16)5-8(13)7-18/h1-6H,(H,19,20). The van der Waals surface area contributed by atoms with Gasteiger partial charge in [-0.2, -0.15) is 5.26 Å². The smallest absolute Gasteiger partial charge is 0.256 e. The van der Waals surface area contributed by atoms with Gasteiger partial charge in [0.25, 0.3) is 5.91 Å². The van der Waals surface area contributed by atoms with Crippen molar-refractivity contribution in [3.05, 3.63) is 61.4 Å². The van der Waals surface area contributed by atoms with E-state index in [9.17, 15) is 9.18 Å². The van der Waals surface area contributed by atoms with Gasteiger partial charge >= 0.3 is 0 Å². The maximum atomic E-state index is 13.0. The Kier molecular flexibility index (Phi) is 4.73. The number of benzene rings is 2. The van der Waals surface area contributed by atoms with Crippen LogP contribution in [0.25, 0.3) is 0 Å². The Morgan fingerprint density at radius 3 is 2.75 bits per heavy atom. The normalized spacial score (nSPS) is 9.90. The number of rotatable bonds is 2. The van der Waals surface area contributed by atoms with Gasteiger partial charge in [-0.1, -0.05) is 0 Å². The molecule has 100 valence electrons. The fourth-order valence-corrected chi connectivity index (χ4v) is 2.50. The summed E-state index contributed by atoms with van der Waals surface area (Å²) in [7, 11) is 0. The number of anilines is 1. The molecule has 2 aromatic rings. The van der Waals surface area contributed by atoms with E-state index in [4.69, 9.17) is 5.26 Å². The van der Waals surface area contributed by atoms with Crippen molar-refractivity contribution in [2.45, 2.75) is 0 Å². The van der Waals surface area contributed by atoms with Gasteiger partial charge in [-0.15, -0.1) is 0 Å². The van der Waals surface area contributed by atoms with E-state index >= 15 is 0 Å². The number of nitrogens with zero attached hydrogens (tertiary/aromatic N) is 1. The van der Waals surface area contributed by atoms with Crippen molar-refractivity contribution in [1.29, 1.82) is 5.26 Å². The molecule has 0 fully saturated rings. The molecule has 2 rings (SSSR count). The second kappa shape index (κ2) is 6.33. The molecule has 20 heavy (non-hydrogen) atoms. The summed E-state index contributed by atoms with van der Waals surface area (Å²) >= 11 is 5.40. The molecule has 0 spiro atoms. The molecular weight excluding hydrogens is 438 g/mol. The van der Waals surface area contributed by atoms with Gasteiger partial charge in [0.05, 0.1) is 16.8 Å². The number of nitriles is 1. The lowest BCUT2D eigenvalue weighted by Crippen LogP contribution is -2.13. The molecule has 0 heterocycles. The van der Waals surface area contributed by atoms with Crippen LogP contribution in [0.15, 0.2) is 40.9 Å². The first kappa shape index (κ1) is 14.9. The highest BCUT2D eigenvalue weighted by atomic mass is 127. The molecule has 6 heteroatoms. The fraction of sp³-hybridized carbons (Fsp3) is 0. The minimum Gasteiger partial charge on any atom is -0.321 e. The van der Waals surface area contributed by atoms with Crippen molar-refractivity contribution in [3.8, 4) is 6.07 Å². The van der Waals surface area contributed by atoms with Gasteiger partial charge < -0.3 is 5.32 Å². The lowest BCUT2D eigenvalue weighted by Gasteiger charge is -2.09. The lowest BCUT2D eigenvalue weighted by atomic mass is 10.1. The predicted octanol–water partition coefficient (Wildman–Crippen LogP) is 4.32. The Morgan fingerprint density at radius 1 is 1.30 bits per heavy atom. The average molecular weight is 445 g/mol. The van der Waals surface area contributed by atoms with E-state index in [0.29, 0.717) is 10.0 Å². The minimum absolute atomic E-state index is 0.0834. The second-order valence-corrected chi connectivity index (χ2v) is 5.98. The first-order valence-corrected chi connectivity index (χ1v) is 7.34. The van der Waals surface area contributed by atoms with Crippen molar-refractivity contribution in [2.24, 2.45) is 0 Å². The Morgan fingerprint density at radius 2 is 2.05 bits per heavy atom. The van der Waals surface area contributed by atoms with Crippen LogP contribution < -0.4 is 5.32 Å². The van der Waals surface area contributed by atoms with E-state index in [1.54, 1.807) is 12.1 Å². The van der Waals surface area contributed by atoms with Crippen LogP contribution in [0.1, 0.15) is 15.9 Å². The summed E-state index contributed by atoms with van der Waals surface area (Å²) in [6.07, 6.45) is 0. The van der Waals surface area contributed by atoms with E-state index in [2.05, 4.69) is 43.8 Å². The third-order valence-electron chi connectivity index (χ3n) is 2.52. The second-order valence-electron chi connectivity index (χ2n) is 3.88. The van der Waals surface area contributed by atoms with Crippen molar-refractivity contribution in [2.75, 3.05) is 5.32 Å². The van der Waals surface area contributed by atoms with Crippen LogP contribution >= 0.6 is 38.5 Å². The summed E-state index contributed by atoms with van der Waals surface area (Å²) < 4.78 is 14.6. The Hall–Kier alpha value is -1.46. The number of nitrogens with one attached hydrogen (secondary N) is 1. The lowest BCUT2D eigenvalue weighted by molar-refractivity contribution is 0.102. The van der Waals surface area contributed by atoms with Gasteiger partial charge in [0.1, 0.15) is 11.9 Å². The van der Waals surface area contributed by atoms with Crippen LogP contribution in [0.5, 0.6) is 0 Å². The highest BCUT2D eigenvalue weighted by Crippen LogP contribution is 2.22. The average Bonchev–Trinajstić information content (AvgIpc) is 2.43. The van der Waals surface area contributed by atoms with E-state index in [1.807, 2.05) is 12.1 Å². The van der Waals surface area contributed by atoms with E-state index < -0.39 is 5.82 Å². The number of carbonyl (C=O) groups is 1. The van der Waals surface area contributed by atoms with Crippen molar-refractivity contribution in [3.63, 3.8) is 0 Å². The van der Waals surface area contributed by atoms with Crippen molar-refractivity contribution >= 4 is 50.1 Å². The molecule has 0 radical (unpaired) electrons. The summed E-state index contributed by atoms with van der Waals surface area (Å²) in [6.45, 7) is 0. The molecule has 0 bridgehead atoms. The largest absolute Gasteiger partial charge is 0.321 e. The zero-order valence-corrected chi connectivity index (χ0v) is 13.7. The van der Waals surface area contributed by atoms with E-state index in [1.165, 1.54) is 12.1 Å². The molecule has 0 saturated carbocycles. The molecule has 1 amide bonds. The van der Waals surface area contributed by atoms with Crippen LogP contribution in [0.2, 0.25) is 0 Å². The maximum absolute atomic E-state index is 13.0. The molecule has 0 saturated heterocycles. The number of hydrogen-bond acceptors (Lipinski definition) is 2. The molecular formula is C14H7BrFIN2O. The van der Waals surface area contributed by atoms with Crippen molar-refractivity contribution in [1.82, 2.24) is 0 Å². The quantitative estimate of drug-likeness (QED) is 0.701. The Balaban J connectivity index is 2.33. The highest BCUT2D eigenvalue weighted by molar-refractivity contribution is 14.1. The topological polar surface area (TPSA) is 52.9 Å². The third kappa shape index (κ3) is 3.35. The number of halogens is 3. The summed E-state index contributed by atoms with van der Waals surface area (Å²) in [5.41, 5.74) is 0.815. The van der Waals surface area contributed by atoms with Crippen LogP contribution in [-0.2, 0) is 0 Å².